The number of non-ortho nitro benzene ring substituents is 1. The highest BCUT2D eigenvalue weighted by Gasteiger charge is 2.32. The molecule has 0 radical (unpaired) electrons. The van der Waals surface area contributed by atoms with Crippen molar-refractivity contribution in [1.29, 1.82) is 0 Å². The first-order valence-corrected chi connectivity index (χ1v) is 9.21. The summed E-state index contributed by atoms with van der Waals surface area (Å²) in [7, 11) is 0. The van der Waals surface area contributed by atoms with Crippen molar-refractivity contribution in [3.05, 3.63) is 82.2 Å². The molecule has 0 saturated carbocycles. The number of benzene rings is 2. The van der Waals surface area contributed by atoms with Gasteiger partial charge in [0.05, 0.1) is 4.92 Å². The summed E-state index contributed by atoms with van der Waals surface area (Å²) in [6.45, 7) is 0.621. The Morgan fingerprint density at radius 3 is 2.69 bits per heavy atom. The number of fused-ring (bicyclic) bond motifs is 1. The van der Waals surface area contributed by atoms with E-state index in [-0.39, 0.29) is 17.0 Å². The van der Waals surface area contributed by atoms with Crippen LogP contribution in [0.3, 0.4) is 0 Å². The third-order valence-corrected chi connectivity index (χ3v) is 5.68. The molecule has 3 aromatic rings. The molecule has 4 rings (SSSR count). The van der Waals surface area contributed by atoms with Gasteiger partial charge in [0.1, 0.15) is 11.1 Å². The molecule has 26 heavy (non-hydrogen) atoms. The van der Waals surface area contributed by atoms with Gasteiger partial charge in [-0.25, -0.2) is 0 Å². The van der Waals surface area contributed by atoms with Gasteiger partial charge < -0.3 is 4.90 Å². The van der Waals surface area contributed by atoms with Crippen LogP contribution in [0.1, 0.15) is 21.4 Å². The lowest BCUT2D eigenvalue weighted by molar-refractivity contribution is -0.384. The van der Waals surface area contributed by atoms with Gasteiger partial charge >= 0.3 is 0 Å². The quantitative estimate of drug-likeness (QED) is 0.517. The van der Waals surface area contributed by atoms with Gasteiger partial charge in [0.2, 0.25) is 0 Å². The van der Waals surface area contributed by atoms with Crippen molar-refractivity contribution >= 4 is 34.1 Å². The van der Waals surface area contributed by atoms with Crippen molar-refractivity contribution in [2.75, 3.05) is 12.3 Å². The molecule has 7 heteroatoms. The molecular formula is C19H15N3O3S. The number of amides is 1. The number of hydrogen-bond acceptors (Lipinski definition) is 5. The van der Waals surface area contributed by atoms with Crippen LogP contribution >= 0.6 is 11.8 Å². The summed E-state index contributed by atoms with van der Waals surface area (Å²) in [5.74, 6) is 0.702. The molecule has 0 spiro atoms. The summed E-state index contributed by atoms with van der Waals surface area (Å²) in [6.07, 6.45) is 1.65. The molecule has 1 unspecified atom stereocenters. The standard InChI is InChI=1S/C19H15N3O3S/c23-18(17-16-4-2-1-3-13(16)9-10-20-17)21-11-12-26-19(21)14-5-7-15(8-6-14)22(24)25/h1-10,19H,11-12H2. The van der Waals surface area contributed by atoms with Gasteiger partial charge in [-0.1, -0.05) is 24.3 Å². The molecular weight excluding hydrogens is 350 g/mol. The van der Waals surface area contributed by atoms with E-state index in [1.807, 2.05) is 30.3 Å². The van der Waals surface area contributed by atoms with E-state index in [0.717, 1.165) is 22.1 Å². The monoisotopic (exact) mass is 365 g/mol. The lowest BCUT2D eigenvalue weighted by Crippen LogP contribution is -2.31. The molecule has 1 fully saturated rings. The number of rotatable bonds is 3. The zero-order valence-corrected chi connectivity index (χ0v) is 14.6. The van der Waals surface area contributed by atoms with Gasteiger partial charge in [0.25, 0.3) is 11.6 Å². The third kappa shape index (κ3) is 2.90. The number of nitro groups is 1. The largest absolute Gasteiger partial charge is 0.320 e. The average molecular weight is 365 g/mol. The predicted molar refractivity (Wildman–Crippen MR) is 101 cm³/mol. The number of nitro benzene ring substituents is 1. The molecule has 0 bridgehead atoms. The van der Waals surface area contributed by atoms with E-state index in [1.54, 1.807) is 35.0 Å². The van der Waals surface area contributed by atoms with Crippen molar-refractivity contribution in [3.63, 3.8) is 0 Å². The molecule has 0 N–H and O–H groups in total. The number of pyridine rings is 1. The highest BCUT2D eigenvalue weighted by atomic mass is 32.2. The highest BCUT2D eigenvalue weighted by molar-refractivity contribution is 7.99. The zero-order chi connectivity index (χ0) is 18.1. The van der Waals surface area contributed by atoms with Crippen molar-refractivity contribution in [1.82, 2.24) is 9.88 Å². The Labute approximate surface area is 154 Å². The van der Waals surface area contributed by atoms with Gasteiger partial charge in [-0.05, 0) is 29.1 Å². The van der Waals surface area contributed by atoms with E-state index in [2.05, 4.69) is 4.98 Å². The van der Waals surface area contributed by atoms with Crippen molar-refractivity contribution in [2.45, 2.75) is 5.37 Å². The van der Waals surface area contributed by atoms with Gasteiger partial charge in [-0.2, -0.15) is 0 Å². The molecule has 1 atom stereocenters. The second kappa shape index (κ2) is 6.76. The summed E-state index contributed by atoms with van der Waals surface area (Å²) in [4.78, 5) is 29.7. The second-order valence-corrected chi connectivity index (χ2v) is 7.14. The van der Waals surface area contributed by atoms with E-state index in [1.165, 1.54) is 12.1 Å². The van der Waals surface area contributed by atoms with Gasteiger partial charge in [0, 0.05) is 36.0 Å². The van der Waals surface area contributed by atoms with Crippen LogP contribution in [0.15, 0.2) is 60.8 Å². The molecule has 1 aliphatic heterocycles. The van der Waals surface area contributed by atoms with Crippen molar-refractivity contribution in [3.8, 4) is 0 Å². The van der Waals surface area contributed by atoms with Crippen LogP contribution in [0.25, 0.3) is 10.8 Å². The van der Waals surface area contributed by atoms with Crippen LogP contribution in [-0.2, 0) is 0 Å². The minimum absolute atomic E-state index is 0.0466. The summed E-state index contributed by atoms with van der Waals surface area (Å²) >= 11 is 1.65. The topological polar surface area (TPSA) is 76.3 Å². The van der Waals surface area contributed by atoms with Crippen molar-refractivity contribution < 1.29 is 9.72 Å². The Morgan fingerprint density at radius 1 is 1.15 bits per heavy atom. The first kappa shape index (κ1) is 16.5. The number of hydrogen-bond donors (Lipinski definition) is 0. The van der Waals surface area contributed by atoms with Crippen LogP contribution < -0.4 is 0 Å². The van der Waals surface area contributed by atoms with Crippen LogP contribution in [-0.4, -0.2) is 33.0 Å². The van der Waals surface area contributed by atoms with Crippen LogP contribution in [0, 0.1) is 10.1 Å². The van der Waals surface area contributed by atoms with E-state index in [4.69, 9.17) is 0 Å². The SMILES string of the molecule is O=C(c1nccc2ccccc12)N1CCSC1c1ccc([N+](=O)[O-])cc1. The number of thioether (sulfide) groups is 1. The smallest absolute Gasteiger partial charge is 0.274 e. The molecule has 2 aromatic carbocycles. The fourth-order valence-electron chi connectivity index (χ4n) is 3.14. The second-order valence-electron chi connectivity index (χ2n) is 5.95. The first-order chi connectivity index (χ1) is 12.6. The van der Waals surface area contributed by atoms with Crippen LogP contribution in [0.5, 0.6) is 0 Å². The maximum atomic E-state index is 13.2. The highest BCUT2D eigenvalue weighted by Crippen LogP contribution is 2.39. The van der Waals surface area contributed by atoms with Gasteiger partial charge in [-0.3, -0.25) is 19.9 Å². The fraction of sp³-hybridized carbons (Fsp3) is 0.158. The number of carbonyl (C=O) groups excluding carboxylic acids is 1. The molecule has 0 aliphatic carbocycles. The maximum Gasteiger partial charge on any atom is 0.274 e. The Bertz CT molecular complexity index is 985. The summed E-state index contributed by atoms with van der Waals surface area (Å²) in [6, 6.07) is 16.0. The Hall–Kier alpha value is -2.93. The van der Waals surface area contributed by atoms with Gasteiger partial charge in [0.15, 0.2) is 0 Å². The molecule has 1 aromatic heterocycles. The Morgan fingerprint density at radius 2 is 1.92 bits per heavy atom. The van der Waals surface area contributed by atoms with Crippen molar-refractivity contribution in [2.24, 2.45) is 0 Å². The minimum atomic E-state index is -0.422. The van der Waals surface area contributed by atoms with E-state index in [9.17, 15) is 14.9 Å². The molecule has 6 nitrogen and oxygen atoms in total. The summed E-state index contributed by atoms with van der Waals surface area (Å²) in [5, 5.41) is 12.5. The number of nitrogens with zero attached hydrogens (tertiary/aromatic N) is 3. The molecule has 1 aliphatic rings. The Balaban J connectivity index is 1.67. The minimum Gasteiger partial charge on any atom is -0.320 e. The molecule has 2 heterocycles. The Kier molecular flexibility index (Phi) is 4.30. The summed E-state index contributed by atoms with van der Waals surface area (Å²) < 4.78 is 0. The van der Waals surface area contributed by atoms with Crippen LogP contribution in [0.2, 0.25) is 0 Å². The summed E-state index contributed by atoms with van der Waals surface area (Å²) in [5.41, 5.74) is 1.37. The van der Waals surface area contributed by atoms with E-state index in [0.29, 0.717) is 12.2 Å². The lowest BCUT2D eigenvalue weighted by Gasteiger charge is -2.24. The lowest BCUT2D eigenvalue weighted by atomic mass is 10.1. The molecule has 1 saturated heterocycles. The van der Waals surface area contributed by atoms with E-state index >= 15 is 0 Å². The van der Waals surface area contributed by atoms with Gasteiger partial charge in [-0.15, -0.1) is 11.8 Å². The third-order valence-electron chi connectivity index (χ3n) is 4.42. The number of aromatic nitrogens is 1. The maximum absolute atomic E-state index is 13.2. The molecule has 1 amide bonds. The number of carbonyl (C=O) groups is 1. The fourth-order valence-corrected chi connectivity index (χ4v) is 4.40. The molecule has 130 valence electrons. The first-order valence-electron chi connectivity index (χ1n) is 8.16. The van der Waals surface area contributed by atoms with Crippen LogP contribution in [0.4, 0.5) is 5.69 Å². The normalized spacial score (nSPS) is 16.8. The van der Waals surface area contributed by atoms with E-state index < -0.39 is 4.92 Å². The average Bonchev–Trinajstić information content (AvgIpc) is 3.17. The zero-order valence-electron chi connectivity index (χ0n) is 13.7. The predicted octanol–water partition coefficient (Wildman–Crippen LogP) is 4.03.